The van der Waals surface area contributed by atoms with Crippen LogP contribution in [0.15, 0.2) is 58.3 Å². The molecule has 1 amide bonds. The fourth-order valence-corrected chi connectivity index (χ4v) is 4.37. The number of hydrogen-bond donors (Lipinski definition) is 1. The number of aryl methyl sites for hydroxylation is 1. The van der Waals surface area contributed by atoms with Crippen molar-refractivity contribution in [2.45, 2.75) is 30.0 Å². The highest BCUT2D eigenvalue weighted by Crippen LogP contribution is 2.27. The van der Waals surface area contributed by atoms with Gasteiger partial charge in [0.25, 0.3) is 5.91 Å². The van der Waals surface area contributed by atoms with Gasteiger partial charge in [0.2, 0.25) is 0 Å². The SMILES string of the molecule is Cc1csc(SCc2ccccc2C(=O)NC(C)c2ccc(F)cc2)n1. The second-order valence-electron chi connectivity index (χ2n) is 5.95. The maximum Gasteiger partial charge on any atom is 0.252 e. The number of halogens is 1. The van der Waals surface area contributed by atoms with Gasteiger partial charge in [-0.05, 0) is 43.2 Å². The van der Waals surface area contributed by atoms with Gasteiger partial charge in [0.05, 0.1) is 6.04 Å². The number of thiazole rings is 1. The molecular weight excluding hydrogens is 367 g/mol. The van der Waals surface area contributed by atoms with Crippen molar-refractivity contribution in [3.63, 3.8) is 0 Å². The molecule has 0 fully saturated rings. The van der Waals surface area contributed by atoms with Crippen LogP contribution in [0, 0.1) is 12.7 Å². The van der Waals surface area contributed by atoms with E-state index in [0.717, 1.165) is 21.2 Å². The van der Waals surface area contributed by atoms with Crippen LogP contribution in [0.3, 0.4) is 0 Å². The monoisotopic (exact) mass is 386 g/mol. The Hall–Kier alpha value is -2.18. The minimum Gasteiger partial charge on any atom is -0.346 e. The number of carbonyl (C=O) groups is 1. The summed E-state index contributed by atoms with van der Waals surface area (Å²) in [7, 11) is 0. The third kappa shape index (κ3) is 4.71. The molecule has 0 aliphatic carbocycles. The van der Waals surface area contributed by atoms with Crippen molar-refractivity contribution in [3.8, 4) is 0 Å². The van der Waals surface area contributed by atoms with E-state index < -0.39 is 0 Å². The molecule has 3 aromatic rings. The second-order valence-corrected chi connectivity index (χ2v) is 8.03. The maximum atomic E-state index is 13.1. The van der Waals surface area contributed by atoms with Gasteiger partial charge in [0.1, 0.15) is 10.2 Å². The van der Waals surface area contributed by atoms with Gasteiger partial charge in [-0.25, -0.2) is 9.37 Å². The number of hydrogen-bond acceptors (Lipinski definition) is 4. The Morgan fingerprint density at radius 2 is 1.96 bits per heavy atom. The molecule has 0 aliphatic rings. The molecule has 1 heterocycles. The van der Waals surface area contributed by atoms with Gasteiger partial charge in [-0.2, -0.15) is 0 Å². The summed E-state index contributed by atoms with van der Waals surface area (Å²) in [4.78, 5) is 17.2. The summed E-state index contributed by atoms with van der Waals surface area (Å²) in [5, 5.41) is 5.01. The summed E-state index contributed by atoms with van der Waals surface area (Å²) in [6.07, 6.45) is 0. The lowest BCUT2D eigenvalue weighted by atomic mass is 10.1. The number of rotatable bonds is 6. The average molecular weight is 387 g/mol. The van der Waals surface area contributed by atoms with Crippen LogP contribution in [0.4, 0.5) is 4.39 Å². The molecule has 0 spiro atoms. The van der Waals surface area contributed by atoms with Crippen LogP contribution in [-0.2, 0) is 5.75 Å². The van der Waals surface area contributed by atoms with Crippen LogP contribution in [0.1, 0.15) is 40.1 Å². The lowest BCUT2D eigenvalue weighted by molar-refractivity contribution is 0.0939. The molecule has 0 aliphatic heterocycles. The molecule has 0 saturated carbocycles. The maximum absolute atomic E-state index is 13.1. The summed E-state index contributed by atoms with van der Waals surface area (Å²) < 4.78 is 14.1. The highest BCUT2D eigenvalue weighted by molar-refractivity contribution is 8.00. The first kappa shape index (κ1) is 18.6. The van der Waals surface area contributed by atoms with Crippen LogP contribution in [0.25, 0.3) is 0 Å². The molecular formula is C20H19FN2OS2. The van der Waals surface area contributed by atoms with E-state index in [9.17, 15) is 9.18 Å². The van der Waals surface area contributed by atoms with E-state index in [1.54, 1.807) is 35.2 Å². The minimum absolute atomic E-state index is 0.131. The van der Waals surface area contributed by atoms with Crippen molar-refractivity contribution in [3.05, 3.63) is 82.1 Å². The molecule has 1 atom stereocenters. The van der Waals surface area contributed by atoms with Gasteiger partial charge in [-0.1, -0.05) is 42.1 Å². The van der Waals surface area contributed by atoms with Crippen molar-refractivity contribution >= 4 is 29.0 Å². The van der Waals surface area contributed by atoms with Crippen molar-refractivity contribution in [1.29, 1.82) is 0 Å². The molecule has 6 heteroatoms. The molecule has 2 aromatic carbocycles. The quantitative estimate of drug-likeness (QED) is 0.579. The van der Waals surface area contributed by atoms with E-state index in [2.05, 4.69) is 10.3 Å². The van der Waals surface area contributed by atoms with Gasteiger partial charge in [0, 0.05) is 22.4 Å². The van der Waals surface area contributed by atoms with Crippen molar-refractivity contribution < 1.29 is 9.18 Å². The summed E-state index contributed by atoms with van der Waals surface area (Å²) >= 11 is 3.24. The highest BCUT2D eigenvalue weighted by Gasteiger charge is 2.15. The number of aromatic nitrogens is 1. The number of nitrogens with zero attached hydrogens (tertiary/aromatic N) is 1. The summed E-state index contributed by atoms with van der Waals surface area (Å²) in [6, 6.07) is 13.6. The standard InChI is InChI=1S/C20H19FN2OS2/c1-13-11-25-20(22-13)26-12-16-5-3-4-6-18(16)19(24)23-14(2)15-7-9-17(21)10-8-15/h3-11,14H,12H2,1-2H3,(H,23,24). The van der Waals surface area contributed by atoms with Gasteiger partial charge in [-0.3, -0.25) is 4.79 Å². The lowest BCUT2D eigenvalue weighted by Gasteiger charge is -2.16. The number of thioether (sulfide) groups is 1. The van der Waals surface area contributed by atoms with E-state index in [-0.39, 0.29) is 17.8 Å². The van der Waals surface area contributed by atoms with E-state index in [1.807, 2.05) is 43.5 Å². The Morgan fingerprint density at radius 3 is 2.65 bits per heavy atom. The zero-order valence-corrected chi connectivity index (χ0v) is 16.2. The van der Waals surface area contributed by atoms with Gasteiger partial charge < -0.3 is 5.32 Å². The summed E-state index contributed by atoms with van der Waals surface area (Å²) in [5.41, 5.74) is 3.50. The molecule has 1 aromatic heterocycles. The normalized spacial score (nSPS) is 12.0. The molecule has 3 nitrogen and oxygen atoms in total. The van der Waals surface area contributed by atoms with Gasteiger partial charge in [0.15, 0.2) is 0 Å². The Kier molecular flexibility index (Phi) is 6.06. The summed E-state index contributed by atoms with van der Waals surface area (Å²) in [6.45, 7) is 3.86. The smallest absolute Gasteiger partial charge is 0.252 e. The predicted octanol–water partition coefficient (Wildman–Crippen LogP) is 5.37. The zero-order valence-electron chi connectivity index (χ0n) is 14.5. The fraction of sp³-hybridized carbons (Fsp3) is 0.200. The molecule has 0 radical (unpaired) electrons. The molecule has 1 N–H and O–H groups in total. The van der Waals surface area contributed by atoms with Crippen LogP contribution in [0.5, 0.6) is 0 Å². The first-order valence-electron chi connectivity index (χ1n) is 8.22. The lowest BCUT2D eigenvalue weighted by Crippen LogP contribution is -2.27. The van der Waals surface area contributed by atoms with Gasteiger partial charge in [-0.15, -0.1) is 11.3 Å². The number of amides is 1. The third-order valence-corrected chi connectivity index (χ3v) is 6.12. The van der Waals surface area contributed by atoms with Crippen LogP contribution < -0.4 is 5.32 Å². The van der Waals surface area contributed by atoms with Crippen molar-refractivity contribution in [2.75, 3.05) is 0 Å². The number of carbonyl (C=O) groups excluding carboxylic acids is 1. The predicted molar refractivity (Wildman–Crippen MR) is 105 cm³/mol. The summed E-state index contributed by atoms with van der Waals surface area (Å²) in [5.74, 6) is 0.266. The van der Waals surface area contributed by atoms with Crippen LogP contribution >= 0.6 is 23.1 Å². The fourth-order valence-electron chi connectivity index (χ4n) is 2.52. The van der Waals surface area contributed by atoms with E-state index in [1.165, 1.54) is 12.1 Å². The molecule has 0 bridgehead atoms. The molecule has 134 valence electrons. The van der Waals surface area contributed by atoms with Crippen molar-refractivity contribution in [2.24, 2.45) is 0 Å². The zero-order chi connectivity index (χ0) is 18.5. The topological polar surface area (TPSA) is 42.0 Å². The van der Waals surface area contributed by atoms with E-state index in [4.69, 9.17) is 0 Å². The molecule has 26 heavy (non-hydrogen) atoms. The van der Waals surface area contributed by atoms with Crippen LogP contribution in [0.2, 0.25) is 0 Å². The Bertz CT molecular complexity index is 893. The van der Waals surface area contributed by atoms with E-state index in [0.29, 0.717) is 11.3 Å². The number of benzene rings is 2. The number of nitrogens with one attached hydrogen (secondary N) is 1. The van der Waals surface area contributed by atoms with Crippen LogP contribution in [-0.4, -0.2) is 10.9 Å². The first-order chi connectivity index (χ1) is 12.5. The Labute approximate surface area is 160 Å². The third-order valence-electron chi connectivity index (χ3n) is 3.93. The van der Waals surface area contributed by atoms with Gasteiger partial charge >= 0.3 is 0 Å². The highest BCUT2D eigenvalue weighted by atomic mass is 32.2. The second kappa shape index (κ2) is 8.47. The van der Waals surface area contributed by atoms with E-state index >= 15 is 0 Å². The minimum atomic E-state index is -0.285. The van der Waals surface area contributed by atoms with Crippen molar-refractivity contribution in [1.82, 2.24) is 10.3 Å². The largest absolute Gasteiger partial charge is 0.346 e. The Morgan fingerprint density at radius 1 is 1.23 bits per heavy atom. The Balaban J connectivity index is 1.69. The molecule has 0 saturated heterocycles. The molecule has 3 rings (SSSR count). The first-order valence-corrected chi connectivity index (χ1v) is 10.1. The average Bonchev–Trinajstić information content (AvgIpc) is 3.06. The molecule has 1 unspecified atom stereocenters.